The summed E-state index contributed by atoms with van der Waals surface area (Å²) in [6.45, 7) is 4.31. The first-order chi connectivity index (χ1) is 8.49. The van der Waals surface area contributed by atoms with E-state index in [1.807, 2.05) is 0 Å². The fourth-order valence-corrected chi connectivity index (χ4v) is 1.95. The fourth-order valence-electron chi connectivity index (χ4n) is 1.95. The van der Waals surface area contributed by atoms with E-state index in [1.54, 1.807) is 0 Å². The summed E-state index contributed by atoms with van der Waals surface area (Å²) in [5.41, 5.74) is 0. The predicted octanol–water partition coefficient (Wildman–Crippen LogP) is 3.90. The number of alkyl halides is 3. The van der Waals surface area contributed by atoms with Gasteiger partial charge in [-0.15, -0.1) is 0 Å². The average Bonchev–Trinajstić information content (AvgIpc) is 2.26. The van der Waals surface area contributed by atoms with E-state index in [0.29, 0.717) is 12.5 Å². The summed E-state index contributed by atoms with van der Waals surface area (Å²) in [5, 5.41) is 3.43. The Hall–Kier alpha value is -0.290. The molecule has 5 heteroatoms. The molecule has 2 nitrogen and oxygen atoms in total. The van der Waals surface area contributed by atoms with Crippen molar-refractivity contribution in [1.29, 1.82) is 0 Å². The van der Waals surface area contributed by atoms with E-state index in [9.17, 15) is 13.2 Å². The van der Waals surface area contributed by atoms with Crippen LogP contribution in [0.3, 0.4) is 0 Å². The van der Waals surface area contributed by atoms with E-state index in [1.165, 1.54) is 6.42 Å². The fraction of sp³-hybridized carbons (Fsp3) is 1.00. The molecule has 0 heterocycles. The van der Waals surface area contributed by atoms with Crippen LogP contribution in [0.5, 0.6) is 0 Å². The Labute approximate surface area is 108 Å². The lowest BCUT2D eigenvalue weighted by atomic mass is 10.0. The van der Waals surface area contributed by atoms with E-state index in [4.69, 9.17) is 0 Å². The van der Waals surface area contributed by atoms with Gasteiger partial charge < -0.3 is 10.1 Å². The van der Waals surface area contributed by atoms with Crippen LogP contribution in [0.1, 0.15) is 52.4 Å². The van der Waals surface area contributed by atoms with Gasteiger partial charge in [0.2, 0.25) is 0 Å². The molecule has 0 bridgehead atoms. The van der Waals surface area contributed by atoms with Crippen LogP contribution >= 0.6 is 0 Å². The highest BCUT2D eigenvalue weighted by atomic mass is 19.4. The minimum atomic E-state index is -4.20. The van der Waals surface area contributed by atoms with Gasteiger partial charge in [-0.2, -0.15) is 13.2 Å². The lowest BCUT2D eigenvalue weighted by Gasteiger charge is -2.16. The Morgan fingerprint density at radius 2 is 1.78 bits per heavy atom. The highest BCUT2D eigenvalue weighted by molar-refractivity contribution is 4.65. The summed E-state index contributed by atoms with van der Waals surface area (Å²) < 4.78 is 39.9. The molecule has 0 aliphatic heterocycles. The molecule has 0 aromatic heterocycles. The molecule has 1 unspecified atom stereocenters. The first-order valence-corrected chi connectivity index (χ1v) is 6.87. The molecule has 110 valence electrons. The van der Waals surface area contributed by atoms with E-state index >= 15 is 0 Å². The van der Waals surface area contributed by atoms with Gasteiger partial charge in [0.15, 0.2) is 0 Å². The normalized spacial score (nSPS) is 13.8. The molecular weight excluding hydrogens is 243 g/mol. The number of ether oxygens (including phenoxy) is 1. The summed E-state index contributed by atoms with van der Waals surface area (Å²) in [4.78, 5) is 0. The van der Waals surface area contributed by atoms with Gasteiger partial charge in [0.05, 0.1) is 0 Å². The Morgan fingerprint density at radius 3 is 2.33 bits per heavy atom. The van der Waals surface area contributed by atoms with Crippen molar-refractivity contribution in [3.63, 3.8) is 0 Å². The number of rotatable bonds is 11. The maximum atomic E-state index is 11.8. The molecule has 0 aromatic carbocycles. The van der Waals surface area contributed by atoms with Crippen molar-refractivity contribution in [3.05, 3.63) is 0 Å². The van der Waals surface area contributed by atoms with Crippen LogP contribution in [0, 0.1) is 0 Å². The van der Waals surface area contributed by atoms with Crippen molar-refractivity contribution in [3.8, 4) is 0 Å². The minimum absolute atomic E-state index is 0.208. The lowest BCUT2D eigenvalue weighted by molar-refractivity contribution is -0.174. The van der Waals surface area contributed by atoms with Crippen LogP contribution in [0.15, 0.2) is 0 Å². The van der Waals surface area contributed by atoms with Crippen molar-refractivity contribution in [2.45, 2.75) is 64.6 Å². The Bertz CT molecular complexity index is 180. The van der Waals surface area contributed by atoms with E-state index in [2.05, 4.69) is 23.9 Å². The highest BCUT2D eigenvalue weighted by Gasteiger charge is 2.27. The van der Waals surface area contributed by atoms with Crippen molar-refractivity contribution in [2.24, 2.45) is 0 Å². The van der Waals surface area contributed by atoms with Crippen LogP contribution in [-0.2, 0) is 4.74 Å². The number of unbranched alkanes of at least 4 members (excludes halogenated alkanes) is 2. The van der Waals surface area contributed by atoms with Gasteiger partial charge in [0, 0.05) is 12.6 Å². The van der Waals surface area contributed by atoms with Gasteiger partial charge in [-0.1, -0.05) is 33.1 Å². The first-order valence-electron chi connectivity index (χ1n) is 6.87. The first kappa shape index (κ1) is 17.7. The van der Waals surface area contributed by atoms with Crippen molar-refractivity contribution >= 4 is 0 Å². The van der Waals surface area contributed by atoms with E-state index in [-0.39, 0.29) is 6.61 Å². The van der Waals surface area contributed by atoms with Gasteiger partial charge in [-0.3, -0.25) is 0 Å². The Balaban J connectivity index is 3.37. The SMILES string of the molecule is CCCC(CCCCCOCC(F)(F)F)NCC. The van der Waals surface area contributed by atoms with Crippen molar-refractivity contribution in [1.82, 2.24) is 5.32 Å². The van der Waals surface area contributed by atoms with Gasteiger partial charge in [-0.05, 0) is 25.8 Å². The summed E-state index contributed by atoms with van der Waals surface area (Å²) >= 11 is 0. The predicted molar refractivity (Wildman–Crippen MR) is 67.7 cm³/mol. The summed E-state index contributed by atoms with van der Waals surface area (Å²) in [6.07, 6.45) is 1.92. The number of hydrogen-bond donors (Lipinski definition) is 1. The second-order valence-corrected chi connectivity index (χ2v) is 4.56. The molecule has 1 atom stereocenters. The van der Waals surface area contributed by atoms with Gasteiger partial charge in [-0.25, -0.2) is 0 Å². The third kappa shape index (κ3) is 12.2. The molecule has 0 aliphatic carbocycles. The summed E-state index contributed by atoms with van der Waals surface area (Å²) in [6, 6.07) is 0.552. The molecule has 1 N–H and O–H groups in total. The van der Waals surface area contributed by atoms with Crippen LogP contribution in [0.4, 0.5) is 13.2 Å². The quantitative estimate of drug-likeness (QED) is 0.574. The largest absolute Gasteiger partial charge is 0.411 e. The Morgan fingerprint density at radius 1 is 1.06 bits per heavy atom. The average molecular weight is 269 g/mol. The molecule has 18 heavy (non-hydrogen) atoms. The molecule has 0 aliphatic rings. The molecule has 0 fully saturated rings. The van der Waals surface area contributed by atoms with Gasteiger partial charge >= 0.3 is 6.18 Å². The molecule has 0 radical (unpaired) electrons. The van der Waals surface area contributed by atoms with Crippen molar-refractivity contribution in [2.75, 3.05) is 19.8 Å². The zero-order valence-electron chi connectivity index (χ0n) is 11.5. The van der Waals surface area contributed by atoms with E-state index in [0.717, 1.165) is 32.2 Å². The molecular formula is C13H26F3NO. The van der Waals surface area contributed by atoms with Crippen LogP contribution in [0.2, 0.25) is 0 Å². The number of halogens is 3. The second kappa shape index (κ2) is 10.6. The summed E-state index contributed by atoms with van der Waals surface area (Å²) in [7, 11) is 0. The molecule has 0 amide bonds. The van der Waals surface area contributed by atoms with Crippen LogP contribution < -0.4 is 5.32 Å². The zero-order valence-corrected chi connectivity index (χ0v) is 11.5. The van der Waals surface area contributed by atoms with Gasteiger partial charge in [0.25, 0.3) is 0 Å². The van der Waals surface area contributed by atoms with Gasteiger partial charge in [0.1, 0.15) is 6.61 Å². The topological polar surface area (TPSA) is 21.3 Å². The second-order valence-electron chi connectivity index (χ2n) is 4.56. The Kier molecular flexibility index (Phi) is 10.4. The maximum absolute atomic E-state index is 11.8. The third-order valence-corrected chi connectivity index (χ3v) is 2.74. The molecule has 0 saturated heterocycles. The minimum Gasteiger partial charge on any atom is -0.372 e. The van der Waals surface area contributed by atoms with Crippen molar-refractivity contribution < 1.29 is 17.9 Å². The smallest absolute Gasteiger partial charge is 0.372 e. The highest BCUT2D eigenvalue weighted by Crippen LogP contribution is 2.15. The number of nitrogens with one attached hydrogen (secondary N) is 1. The third-order valence-electron chi connectivity index (χ3n) is 2.74. The molecule has 0 rings (SSSR count). The van der Waals surface area contributed by atoms with Crippen LogP contribution in [-0.4, -0.2) is 32.0 Å². The molecule has 0 spiro atoms. The summed E-state index contributed by atoms with van der Waals surface area (Å²) in [5.74, 6) is 0. The maximum Gasteiger partial charge on any atom is 0.411 e. The molecule has 0 aromatic rings. The zero-order chi connectivity index (χ0) is 13.9. The molecule has 0 saturated carbocycles. The van der Waals surface area contributed by atoms with E-state index < -0.39 is 12.8 Å². The lowest BCUT2D eigenvalue weighted by Crippen LogP contribution is -2.28. The standard InChI is InChI=1S/C13H26F3NO/c1-3-8-12(17-4-2)9-6-5-7-10-18-11-13(14,15)16/h12,17H,3-11H2,1-2H3. The van der Waals surface area contributed by atoms with Crippen LogP contribution in [0.25, 0.3) is 0 Å². The number of hydrogen-bond acceptors (Lipinski definition) is 2. The monoisotopic (exact) mass is 269 g/mol.